The number of nitrogens with zero attached hydrogens (tertiary/aromatic N) is 4. The lowest BCUT2D eigenvalue weighted by atomic mass is 9.73. The van der Waals surface area contributed by atoms with Crippen LogP contribution >= 0.6 is 0 Å². The fraction of sp³-hybridized carbons (Fsp3) is 0.526. The molecule has 0 aromatic carbocycles. The van der Waals surface area contributed by atoms with E-state index in [0.717, 1.165) is 44.2 Å². The van der Waals surface area contributed by atoms with E-state index >= 15 is 0 Å². The molecular weight excluding hydrogens is 300 g/mol. The molecule has 0 aliphatic carbocycles. The van der Waals surface area contributed by atoms with Crippen LogP contribution in [0.4, 0.5) is 5.95 Å². The molecule has 2 aliphatic heterocycles. The Kier molecular flexibility index (Phi) is 4.43. The zero-order chi connectivity index (χ0) is 16.2. The smallest absolute Gasteiger partial charge is 0.225 e. The summed E-state index contributed by atoms with van der Waals surface area (Å²) in [7, 11) is 0. The molecule has 2 aromatic rings. The molecule has 2 saturated heterocycles. The minimum Gasteiger partial charge on any atom is -0.377 e. The Balaban J connectivity index is 1.30. The van der Waals surface area contributed by atoms with E-state index in [1.807, 2.05) is 36.8 Å². The minimum atomic E-state index is 0.320. The first-order chi connectivity index (χ1) is 11.8. The van der Waals surface area contributed by atoms with Gasteiger partial charge in [-0.1, -0.05) is 6.07 Å². The van der Waals surface area contributed by atoms with Gasteiger partial charge < -0.3 is 9.64 Å². The topological polar surface area (TPSA) is 51.1 Å². The highest BCUT2D eigenvalue weighted by atomic mass is 16.5. The predicted molar refractivity (Wildman–Crippen MR) is 92.8 cm³/mol. The average Bonchev–Trinajstić information content (AvgIpc) is 2.66. The highest BCUT2D eigenvalue weighted by molar-refractivity contribution is 5.29. The van der Waals surface area contributed by atoms with Crippen LogP contribution in [0.5, 0.6) is 0 Å². The van der Waals surface area contributed by atoms with Crippen molar-refractivity contribution in [3.63, 3.8) is 0 Å². The monoisotopic (exact) mass is 324 g/mol. The quantitative estimate of drug-likeness (QED) is 0.869. The molecule has 2 fully saturated rings. The van der Waals surface area contributed by atoms with Crippen molar-refractivity contribution >= 4 is 5.95 Å². The Morgan fingerprint density at radius 3 is 2.46 bits per heavy atom. The fourth-order valence-electron chi connectivity index (χ4n) is 3.86. The van der Waals surface area contributed by atoms with Gasteiger partial charge in [0.15, 0.2) is 0 Å². The molecule has 0 radical (unpaired) electrons. The van der Waals surface area contributed by atoms with Crippen molar-refractivity contribution in [2.75, 3.05) is 24.6 Å². The number of rotatable bonds is 3. The van der Waals surface area contributed by atoms with Crippen LogP contribution in [0.1, 0.15) is 31.4 Å². The Bertz CT molecular complexity index is 631. The lowest BCUT2D eigenvalue weighted by Gasteiger charge is -2.45. The van der Waals surface area contributed by atoms with E-state index in [0.29, 0.717) is 11.5 Å². The summed E-state index contributed by atoms with van der Waals surface area (Å²) in [6, 6.07) is 7.97. The standard InChI is InChI=1S/C19H24N4O/c1-2-9-20-16(4-1)14-17-5-6-19(15-24-17)7-12-23(13-8-19)18-21-10-3-11-22-18/h1-4,9-11,17H,5-8,12-15H2/t17-/m0/s1. The van der Waals surface area contributed by atoms with Crippen molar-refractivity contribution < 1.29 is 4.74 Å². The Hall–Kier alpha value is -2.01. The van der Waals surface area contributed by atoms with Crippen molar-refractivity contribution in [2.45, 2.75) is 38.2 Å². The molecule has 0 unspecified atom stereocenters. The molecule has 4 heterocycles. The second-order valence-corrected chi connectivity index (χ2v) is 7.03. The van der Waals surface area contributed by atoms with Gasteiger partial charge in [0.2, 0.25) is 5.95 Å². The first kappa shape index (κ1) is 15.5. The molecule has 1 spiro atoms. The normalized spacial score (nSPS) is 23.3. The van der Waals surface area contributed by atoms with Crippen molar-refractivity contribution in [3.8, 4) is 0 Å². The van der Waals surface area contributed by atoms with Gasteiger partial charge in [-0.05, 0) is 49.3 Å². The molecule has 0 bridgehead atoms. The zero-order valence-electron chi connectivity index (χ0n) is 14.0. The van der Waals surface area contributed by atoms with E-state index in [9.17, 15) is 0 Å². The first-order valence-corrected chi connectivity index (χ1v) is 8.87. The van der Waals surface area contributed by atoms with Crippen LogP contribution < -0.4 is 4.90 Å². The van der Waals surface area contributed by atoms with Crippen LogP contribution in [0.15, 0.2) is 42.9 Å². The maximum Gasteiger partial charge on any atom is 0.225 e. The lowest BCUT2D eigenvalue weighted by Crippen LogP contribution is -2.46. The third-order valence-electron chi connectivity index (χ3n) is 5.44. The number of hydrogen-bond acceptors (Lipinski definition) is 5. The van der Waals surface area contributed by atoms with Crippen molar-refractivity contribution in [3.05, 3.63) is 48.5 Å². The third kappa shape index (κ3) is 3.41. The molecule has 5 heteroatoms. The van der Waals surface area contributed by atoms with E-state index in [-0.39, 0.29) is 0 Å². The van der Waals surface area contributed by atoms with Gasteiger partial charge >= 0.3 is 0 Å². The summed E-state index contributed by atoms with van der Waals surface area (Å²) in [5.74, 6) is 0.858. The minimum absolute atomic E-state index is 0.320. The third-order valence-corrected chi connectivity index (χ3v) is 5.44. The predicted octanol–water partition coefficient (Wildman–Crippen LogP) is 2.88. The molecule has 0 amide bonds. The van der Waals surface area contributed by atoms with Gasteiger partial charge in [-0.2, -0.15) is 0 Å². The van der Waals surface area contributed by atoms with E-state index < -0.39 is 0 Å². The summed E-state index contributed by atoms with van der Waals surface area (Å²) in [4.78, 5) is 15.5. The molecule has 2 aliphatic rings. The Labute approximate surface area is 143 Å². The number of ether oxygens (including phenoxy) is 1. The van der Waals surface area contributed by atoms with Crippen molar-refractivity contribution in [1.82, 2.24) is 15.0 Å². The molecule has 0 N–H and O–H groups in total. The molecule has 4 rings (SSSR count). The van der Waals surface area contributed by atoms with E-state index in [2.05, 4.69) is 25.9 Å². The summed E-state index contributed by atoms with van der Waals surface area (Å²) >= 11 is 0. The summed E-state index contributed by atoms with van der Waals surface area (Å²) in [6.45, 7) is 2.94. The van der Waals surface area contributed by atoms with E-state index in [1.54, 1.807) is 0 Å². The summed E-state index contributed by atoms with van der Waals surface area (Å²) in [5.41, 5.74) is 1.49. The molecule has 126 valence electrons. The molecule has 0 saturated carbocycles. The summed E-state index contributed by atoms with van der Waals surface area (Å²) in [5, 5.41) is 0. The lowest BCUT2D eigenvalue weighted by molar-refractivity contribution is -0.0717. The second-order valence-electron chi connectivity index (χ2n) is 7.03. The van der Waals surface area contributed by atoms with Gasteiger partial charge in [-0.3, -0.25) is 4.98 Å². The maximum atomic E-state index is 6.23. The zero-order valence-corrected chi connectivity index (χ0v) is 14.0. The SMILES string of the molecule is c1ccc(C[C@@H]2CCC3(CCN(c4ncccn4)CC3)CO2)nc1. The largest absolute Gasteiger partial charge is 0.377 e. The van der Waals surface area contributed by atoms with E-state index in [1.165, 1.54) is 19.3 Å². The number of hydrogen-bond donors (Lipinski definition) is 0. The van der Waals surface area contributed by atoms with Crippen LogP contribution in [-0.4, -0.2) is 40.8 Å². The van der Waals surface area contributed by atoms with Gasteiger partial charge in [0.25, 0.3) is 0 Å². The maximum absolute atomic E-state index is 6.23. The Morgan fingerprint density at radius 2 is 1.79 bits per heavy atom. The summed E-state index contributed by atoms with van der Waals surface area (Å²) < 4.78 is 6.23. The molecule has 1 atom stereocenters. The Morgan fingerprint density at radius 1 is 1.00 bits per heavy atom. The van der Waals surface area contributed by atoms with Gasteiger partial charge in [-0.25, -0.2) is 9.97 Å². The van der Waals surface area contributed by atoms with Crippen molar-refractivity contribution in [2.24, 2.45) is 5.41 Å². The molecule has 2 aromatic heterocycles. The fourth-order valence-corrected chi connectivity index (χ4v) is 3.86. The van der Waals surface area contributed by atoms with Gasteiger partial charge in [0.1, 0.15) is 0 Å². The number of aromatic nitrogens is 3. The van der Waals surface area contributed by atoms with Crippen LogP contribution in [0.3, 0.4) is 0 Å². The van der Waals surface area contributed by atoms with Crippen molar-refractivity contribution in [1.29, 1.82) is 0 Å². The second kappa shape index (κ2) is 6.85. The van der Waals surface area contributed by atoms with E-state index in [4.69, 9.17) is 4.74 Å². The number of anilines is 1. The summed E-state index contributed by atoms with van der Waals surface area (Å²) in [6.07, 6.45) is 11.5. The molecule has 5 nitrogen and oxygen atoms in total. The average molecular weight is 324 g/mol. The number of pyridine rings is 1. The van der Waals surface area contributed by atoms with Crippen LogP contribution in [0.2, 0.25) is 0 Å². The van der Waals surface area contributed by atoms with Crippen LogP contribution in [0, 0.1) is 5.41 Å². The van der Waals surface area contributed by atoms with Crippen LogP contribution in [-0.2, 0) is 11.2 Å². The van der Waals surface area contributed by atoms with Crippen LogP contribution in [0.25, 0.3) is 0 Å². The molecular formula is C19H24N4O. The van der Waals surface area contributed by atoms with Gasteiger partial charge in [0, 0.05) is 43.8 Å². The highest BCUT2D eigenvalue weighted by Gasteiger charge is 2.39. The highest BCUT2D eigenvalue weighted by Crippen LogP contribution is 2.41. The van der Waals surface area contributed by atoms with Gasteiger partial charge in [-0.15, -0.1) is 0 Å². The number of piperidine rings is 1. The van der Waals surface area contributed by atoms with Gasteiger partial charge in [0.05, 0.1) is 12.7 Å². The first-order valence-electron chi connectivity index (χ1n) is 8.87. The molecule has 24 heavy (non-hydrogen) atoms.